The number of carbonyl (C=O) groups excluding carboxylic acids is 1. The third-order valence-electron chi connectivity index (χ3n) is 4.78. The summed E-state index contributed by atoms with van der Waals surface area (Å²) in [4.78, 5) is 12.5. The van der Waals surface area contributed by atoms with Gasteiger partial charge in [-0.05, 0) is 57.2 Å². The molecule has 1 aromatic carbocycles. The molecule has 0 aliphatic rings. The third-order valence-corrected chi connectivity index (χ3v) is 4.78. The quantitative estimate of drug-likeness (QED) is 0.688. The first-order valence-corrected chi connectivity index (χ1v) is 8.95. The van der Waals surface area contributed by atoms with Crippen LogP contribution in [0.5, 0.6) is 0 Å². The van der Waals surface area contributed by atoms with Crippen LogP contribution in [0.3, 0.4) is 0 Å². The summed E-state index contributed by atoms with van der Waals surface area (Å²) in [6.07, 6.45) is 3.76. The van der Waals surface area contributed by atoms with Crippen molar-refractivity contribution in [2.24, 2.45) is 12.8 Å². The molecule has 3 N–H and O–H groups in total. The maximum absolute atomic E-state index is 12.5. The largest absolute Gasteiger partial charge is 0.394 e. The highest BCUT2D eigenvalue weighted by atomic mass is 16.3. The average molecular weight is 342 g/mol. The number of nitrogens with two attached hydrogens (primary N) is 1. The Morgan fingerprint density at radius 3 is 2.68 bits per heavy atom. The van der Waals surface area contributed by atoms with Crippen LogP contribution in [0, 0.1) is 6.92 Å². The average Bonchev–Trinajstić information content (AvgIpc) is 2.94. The number of aromatic nitrogens is 1. The van der Waals surface area contributed by atoms with E-state index in [2.05, 4.69) is 31.2 Å². The monoisotopic (exact) mass is 342 g/mol. The fourth-order valence-electron chi connectivity index (χ4n) is 3.03. The second-order valence-electron chi connectivity index (χ2n) is 7.35. The van der Waals surface area contributed by atoms with Crippen LogP contribution in [0.4, 0.5) is 0 Å². The summed E-state index contributed by atoms with van der Waals surface area (Å²) in [5.74, 6) is 0.180. The number of hydrogen-bond donors (Lipinski definition) is 2. The van der Waals surface area contributed by atoms with E-state index in [9.17, 15) is 9.90 Å². The highest BCUT2D eigenvalue weighted by Gasteiger charge is 2.19. The molecular formula is C21H30N2O2. The molecule has 0 saturated heterocycles. The van der Waals surface area contributed by atoms with Crippen LogP contribution >= 0.6 is 0 Å². The van der Waals surface area contributed by atoms with E-state index in [1.165, 1.54) is 11.1 Å². The Balaban J connectivity index is 1.89. The standard InChI is InChI=1S/C21H30N2O2/c1-16-6-4-7-17(14-16)8-5-9-20(25)19-11-10-18(23(19)3)12-13-21(2,22)15-24/h4,6-7,10-11,14,24H,5,8-9,12-13,15,22H2,1-3H3. The Labute approximate surface area is 150 Å². The maximum atomic E-state index is 12.5. The van der Waals surface area contributed by atoms with Gasteiger partial charge in [0.1, 0.15) is 0 Å². The number of nitrogens with zero attached hydrogens (tertiary/aromatic N) is 1. The normalized spacial score (nSPS) is 13.6. The first kappa shape index (κ1) is 19.4. The Hall–Kier alpha value is -1.91. The van der Waals surface area contributed by atoms with E-state index in [0.717, 1.165) is 30.7 Å². The smallest absolute Gasteiger partial charge is 0.179 e. The number of Topliss-reactive ketones (excluding diaryl/α,β-unsaturated/α-hetero) is 1. The zero-order valence-corrected chi connectivity index (χ0v) is 15.6. The number of carbonyl (C=O) groups is 1. The van der Waals surface area contributed by atoms with Gasteiger partial charge in [0, 0.05) is 24.7 Å². The molecule has 1 aromatic heterocycles. The van der Waals surface area contributed by atoms with Crippen LogP contribution < -0.4 is 5.73 Å². The molecule has 0 fully saturated rings. The van der Waals surface area contributed by atoms with Gasteiger partial charge >= 0.3 is 0 Å². The van der Waals surface area contributed by atoms with Crippen LogP contribution in [-0.4, -0.2) is 27.6 Å². The molecule has 1 unspecified atom stereocenters. The molecule has 1 heterocycles. The zero-order valence-electron chi connectivity index (χ0n) is 15.6. The second kappa shape index (κ2) is 8.45. The lowest BCUT2D eigenvalue weighted by molar-refractivity contribution is 0.0972. The van der Waals surface area contributed by atoms with E-state index in [1.807, 2.05) is 30.7 Å². The highest BCUT2D eigenvalue weighted by Crippen LogP contribution is 2.16. The van der Waals surface area contributed by atoms with Crippen molar-refractivity contribution in [1.29, 1.82) is 0 Å². The van der Waals surface area contributed by atoms with Crippen molar-refractivity contribution in [3.05, 3.63) is 58.9 Å². The van der Waals surface area contributed by atoms with Crippen LogP contribution in [-0.2, 0) is 19.9 Å². The van der Waals surface area contributed by atoms with Gasteiger partial charge in [-0.1, -0.05) is 29.8 Å². The van der Waals surface area contributed by atoms with Gasteiger partial charge in [-0.15, -0.1) is 0 Å². The lowest BCUT2D eigenvalue weighted by Gasteiger charge is -2.21. The fourth-order valence-corrected chi connectivity index (χ4v) is 3.03. The van der Waals surface area contributed by atoms with Gasteiger partial charge in [0.25, 0.3) is 0 Å². The number of aliphatic hydroxyl groups excluding tert-OH is 1. The van der Waals surface area contributed by atoms with Crippen LogP contribution in [0.1, 0.15) is 53.5 Å². The summed E-state index contributed by atoms with van der Waals surface area (Å²) in [7, 11) is 1.93. The van der Waals surface area contributed by atoms with Crippen molar-refractivity contribution in [2.45, 2.75) is 51.5 Å². The van der Waals surface area contributed by atoms with Gasteiger partial charge in [-0.25, -0.2) is 0 Å². The molecule has 0 spiro atoms. The van der Waals surface area contributed by atoms with E-state index >= 15 is 0 Å². The molecule has 0 radical (unpaired) electrons. The van der Waals surface area contributed by atoms with Gasteiger partial charge < -0.3 is 15.4 Å². The van der Waals surface area contributed by atoms with Crippen molar-refractivity contribution in [3.8, 4) is 0 Å². The van der Waals surface area contributed by atoms with Crippen molar-refractivity contribution in [3.63, 3.8) is 0 Å². The molecule has 0 bridgehead atoms. The first-order valence-electron chi connectivity index (χ1n) is 8.95. The number of hydrogen-bond acceptors (Lipinski definition) is 3. The molecule has 4 heteroatoms. The number of rotatable bonds is 9. The van der Waals surface area contributed by atoms with Crippen molar-refractivity contribution >= 4 is 5.78 Å². The number of benzene rings is 1. The first-order chi connectivity index (χ1) is 11.8. The van der Waals surface area contributed by atoms with E-state index in [0.29, 0.717) is 12.8 Å². The van der Waals surface area contributed by atoms with Crippen LogP contribution in [0.15, 0.2) is 36.4 Å². The topological polar surface area (TPSA) is 68.2 Å². The molecule has 0 aliphatic carbocycles. The lowest BCUT2D eigenvalue weighted by atomic mass is 9.97. The van der Waals surface area contributed by atoms with E-state index < -0.39 is 5.54 Å². The summed E-state index contributed by atoms with van der Waals surface area (Å²) >= 11 is 0. The predicted molar refractivity (Wildman–Crippen MR) is 102 cm³/mol. The van der Waals surface area contributed by atoms with Crippen molar-refractivity contribution in [1.82, 2.24) is 4.57 Å². The molecule has 2 aromatic rings. The van der Waals surface area contributed by atoms with Crippen LogP contribution in [0.2, 0.25) is 0 Å². The predicted octanol–water partition coefficient (Wildman–Crippen LogP) is 3.18. The second-order valence-corrected chi connectivity index (χ2v) is 7.35. The molecule has 0 amide bonds. The summed E-state index contributed by atoms with van der Waals surface area (Å²) < 4.78 is 1.96. The number of ketones is 1. The number of aryl methyl sites for hydroxylation is 3. The van der Waals surface area contributed by atoms with Gasteiger partial charge in [-0.2, -0.15) is 0 Å². The van der Waals surface area contributed by atoms with E-state index in [-0.39, 0.29) is 12.4 Å². The van der Waals surface area contributed by atoms with Crippen molar-refractivity contribution < 1.29 is 9.90 Å². The summed E-state index contributed by atoms with van der Waals surface area (Å²) in [5.41, 5.74) is 9.77. The maximum Gasteiger partial charge on any atom is 0.179 e. The molecule has 1 atom stereocenters. The molecule has 25 heavy (non-hydrogen) atoms. The molecule has 0 saturated carbocycles. The summed E-state index contributed by atoms with van der Waals surface area (Å²) in [6, 6.07) is 12.3. The molecule has 2 rings (SSSR count). The summed E-state index contributed by atoms with van der Waals surface area (Å²) in [6.45, 7) is 3.89. The highest BCUT2D eigenvalue weighted by molar-refractivity contribution is 5.94. The van der Waals surface area contributed by atoms with Gasteiger partial charge in [0.15, 0.2) is 5.78 Å². The zero-order chi connectivity index (χ0) is 18.4. The Kier molecular flexibility index (Phi) is 6.57. The minimum atomic E-state index is -0.581. The Morgan fingerprint density at radius 1 is 1.24 bits per heavy atom. The Bertz CT molecular complexity index is 716. The van der Waals surface area contributed by atoms with Crippen molar-refractivity contribution in [2.75, 3.05) is 6.61 Å². The number of aliphatic hydroxyl groups is 1. The SMILES string of the molecule is Cc1cccc(CCCC(=O)c2ccc(CCC(C)(N)CO)n2C)c1. The van der Waals surface area contributed by atoms with Gasteiger partial charge in [0.2, 0.25) is 0 Å². The minimum absolute atomic E-state index is 0.0395. The Morgan fingerprint density at radius 2 is 2.00 bits per heavy atom. The van der Waals surface area contributed by atoms with Gasteiger partial charge in [0.05, 0.1) is 12.3 Å². The van der Waals surface area contributed by atoms with Crippen LogP contribution in [0.25, 0.3) is 0 Å². The van der Waals surface area contributed by atoms with Gasteiger partial charge in [-0.3, -0.25) is 4.79 Å². The fraction of sp³-hybridized carbons (Fsp3) is 0.476. The molecule has 136 valence electrons. The summed E-state index contributed by atoms with van der Waals surface area (Å²) in [5, 5.41) is 9.26. The lowest BCUT2D eigenvalue weighted by Crippen LogP contribution is -2.40. The third kappa shape index (κ3) is 5.55. The minimum Gasteiger partial charge on any atom is -0.394 e. The van der Waals surface area contributed by atoms with E-state index in [4.69, 9.17) is 5.73 Å². The molecule has 0 aliphatic heterocycles. The van der Waals surface area contributed by atoms with E-state index in [1.54, 1.807) is 0 Å². The molecule has 4 nitrogen and oxygen atoms in total. The molecular weight excluding hydrogens is 312 g/mol.